The molecule has 0 aliphatic heterocycles. The van der Waals surface area contributed by atoms with Gasteiger partial charge in [-0.25, -0.2) is 0 Å². The lowest BCUT2D eigenvalue weighted by Crippen LogP contribution is -2.48. The van der Waals surface area contributed by atoms with Gasteiger partial charge in [0.2, 0.25) is 0 Å². The average Bonchev–Trinajstić information content (AvgIpc) is 1.93. The number of rotatable bonds is 5. The molecule has 4 heteroatoms. The lowest BCUT2D eigenvalue weighted by Gasteiger charge is -2.33. The van der Waals surface area contributed by atoms with Crippen LogP contribution in [0.5, 0.6) is 0 Å². The Labute approximate surface area is 76.6 Å². The standard InChI is InChI=1S/C8H18N2OS/c1-12(11)4-2-3-10-8-5-7(9)6-8/h7-8,10H,2-6,9H2,1H3. The Bertz CT molecular complexity index is 157. The zero-order chi connectivity index (χ0) is 8.97. The van der Waals surface area contributed by atoms with Gasteiger partial charge in [0, 0.05) is 34.9 Å². The first-order valence-electron chi connectivity index (χ1n) is 4.47. The predicted octanol–water partition coefficient (Wildman–Crippen LogP) is -0.166. The van der Waals surface area contributed by atoms with Crippen LogP contribution in [-0.4, -0.2) is 34.8 Å². The highest BCUT2D eigenvalue weighted by atomic mass is 32.2. The first kappa shape index (κ1) is 10.2. The van der Waals surface area contributed by atoms with Crippen LogP contribution in [0.3, 0.4) is 0 Å². The van der Waals surface area contributed by atoms with Gasteiger partial charge in [0.25, 0.3) is 0 Å². The lowest BCUT2D eigenvalue weighted by molar-refractivity contribution is 0.293. The molecule has 0 radical (unpaired) electrons. The van der Waals surface area contributed by atoms with Crippen molar-refractivity contribution in [2.75, 3.05) is 18.6 Å². The Morgan fingerprint density at radius 1 is 1.58 bits per heavy atom. The minimum Gasteiger partial charge on any atom is -0.328 e. The third-order valence-electron chi connectivity index (χ3n) is 2.22. The topological polar surface area (TPSA) is 55.1 Å². The smallest absolute Gasteiger partial charge is 0.0244 e. The van der Waals surface area contributed by atoms with Gasteiger partial charge in [-0.3, -0.25) is 4.21 Å². The molecule has 1 unspecified atom stereocenters. The van der Waals surface area contributed by atoms with Gasteiger partial charge in [-0.1, -0.05) is 0 Å². The SMILES string of the molecule is CS(=O)CCCNC1CC(N)C1. The van der Waals surface area contributed by atoms with E-state index in [4.69, 9.17) is 5.73 Å². The molecule has 3 N–H and O–H groups in total. The number of nitrogens with one attached hydrogen (secondary N) is 1. The molecule has 1 fully saturated rings. The molecule has 0 bridgehead atoms. The zero-order valence-corrected chi connectivity index (χ0v) is 8.40. The van der Waals surface area contributed by atoms with E-state index in [0.717, 1.165) is 31.6 Å². The molecule has 1 aliphatic rings. The van der Waals surface area contributed by atoms with Gasteiger partial charge in [-0.2, -0.15) is 0 Å². The van der Waals surface area contributed by atoms with Gasteiger partial charge in [0.1, 0.15) is 0 Å². The number of hydrogen-bond donors (Lipinski definition) is 2. The van der Waals surface area contributed by atoms with E-state index in [2.05, 4.69) is 5.32 Å². The Morgan fingerprint density at radius 3 is 2.75 bits per heavy atom. The Kier molecular flexibility index (Phi) is 4.18. The van der Waals surface area contributed by atoms with Crippen molar-refractivity contribution in [3.63, 3.8) is 0 Å². The summed E-state index contributed by atoms with van der Waals surface area (Å²) in [5.74, 6) is 0.811. The molecule has 1 atom stereocenters. The van der Waals surface area contributed by atoms with Gasteiger partial charge in [-0.05, 0) is 25.8 Å². The molecule has 12 heavy (non-hydrogen) atoms. The van der Waals surface area contributed by atoms with Crippen molar-refractivity contribution in [3.05, 3.63) is 0 Å². The summed E-state index contributed by atoms with van der Waals surface area (Å²) in [6.45, 7) is 0.983. The van der Waals surface area contributed by atoms with Gasteiger partial charge >= 0.3 is 0 Å². The van der Waals surface area contributed by atoms with Gasteiger partial charge in [0.15, 0.2) is 0 Å². The highest BCUT2D eigenvalue weighted by Gasteiger charge is 2.24. The molecule has 0 spiro atoms. The fourth-order valence-corrected chi connectivity index (χ4v) is 1.96. The summed E-state index contributed by atoms with van der Waals surface area (Å²) in [5.41, 5.74) is 5.63. The predicted molar refractivity (Wildman–Crippen MR) is 52.6 cm³/mol. The second-order valence-electron chi connectivity index (χ2n) is 3.51. The lowest BCUT2D eigenvalue weighted by atomic mass is 9.88. The molecule has 0 aromatic carbocycles. The summed E-state index contributed by atoms with van der Waals surface area (Å²) in [7, 11) is -0.636. The van der Waals surface area contributed by atoms with E-state index in [9.17, 15) is 4.21 Å². The fourth-order valence-electron chi connectivity index (χ4n) is 1.41. The van der Waals surface area contributed by atoms with Crippen LogP contribution in [0.15, 0.2) is 0 Å². The van der Waals surface area contributed by atoms with Gasteiger partial charge in [0.05, 0.1) is 0 Å². The van der Waals surface area contributed by atoms with E-state index < -0.39 is 10.8 Å². The normalized spacial score (nSPS) is 31.2. The van der Waals surface area contributed by atoms with Crippen molar-refractivity contribution in [2.24, 2.45) is 5.73 Å². The molecule has 0 aromatic rings. The quantitative estimate of drug-likeness (QED) is 0.592. The zero-order valence-electron chi connectivity index (χ0n) is 7.58. The van der Waals surface area contributed by atoms with Crippen molar-refractivity contribution in [2.45, 2.75) is 31.3 Å². The van der Waals surface area contributed by atoms with Crippen molar-refractivity contribution in [1.82, 2.24) is 5.32 Å². The third kappa shape index (κ3) is 3.65. The average molecular weight is 190 g/mol. The maximum atomic E-state index is 10.7. The van der Waals surface area contributed by atoms with Crippen LogP contribution < -0.4 is 11.1 Å². The van der Waals surface area contributed by atoms with E-state index in [1.165, 1.54) is 0 Å². The Hall–Kier alpha value is 0.0700. The molecule has 3 nitrogen and oxygen atoms in total. The first-order chi connectivity index (χ1) is 5.68. The summed E-state index contributed by atoms with van der Waals surface area (Å²) in [5, 5.41) is 3.39. The van der Waals surface area contributed by atoms with Crippen molar-refractivity contribution >= 4 is 10.8 Å². The molecule has 1 saturated carbocycles. The second kappa shape index (κ2) is 4.94. The number of hydrogen-bond acceptors (Lipinski definition) is 3. The van der Waals surface area contributed by atoms with Crippen molar-refractivity contribution < 1.29 is 4.21 Å². The highest BCUT2D eigenvalue weighted by Crippen LogP contribution is 2.16. The largest absolute Gasteiger partial charge is 0.328 e. The first-order valence-corrected chi connectivity index (χ1v) is 6.20. The van der Waals surface area contributed by atoms with Crippen LogP contribution >= 0.6 is 0 Å². The summed E-state index contributed by atoms with van der Waals surface area (Å²) in [6, 6.07) is 1.05. The summed E-state index contributed by atoms with van der Waals surface area (Å²) >= 11 is 0. The summed E-state index contributed by atoms with van der Waals surface area (Å²) in [6.07, 6.45) is 4.97. The molecule has 0 heterocycles. The molecule has 1 aliphatic carbocycles. The van der Waals surface area contributed by atoms with Crippen molar-refractivity contribution in [3.8, 4) is 0 Å². The highest BCUT2D eigenvalue weighted by molar-refractivity contribution is 7.84. The molecule has 1 rings (SSSR count). The van der Waals surface area contributed by atoms with Crippen LogP contribution in [0, 0.1) is 0 Å². The van der Waals surface area contributed by atoms with Crippen LogP contribution in [0.2, 0.25) is 0 Å². The van der Waals surface area contributed by atoms with E-state index in [1.54, 1.807) is 6.26 Å². The maximum Gasteiger partial charge on any atom is 0.0244 e. The molecule has 0 amide bonds. The third-order valence-corrected chi connectivity index (χ3v) is 3.08. The molecule has 0 aromatic heterocycles. The molecule has 0 saturated heterocycles. The van der Waals surface area contributed by atoms with E-state index in [-0.39, 0.29) is 0 Å². The molecular formula is C8H18N2OS. The second-order valence-corrected chi connectivity index (χ2v) is 5.07. The van der Waals surface area contributed by atoms with Crippen LogP contribution in [0.1, 0.15) is 19.3 Å². The maximum absolute atomic E-state index is 10.7. The van der Waals surface area contributed by atoms with Crippen molar-refractivity contribution in [1.29, 1.82) is 0 Å². The van der Waals surface area contributed by atoms with E-state index in [0.29, 0.717) is 12.1 Å². The summed E-state index contributed by atoms with van der Waals surface area (Å²) < 4.78 is 10.7. The molecule has 72 valence electrons. The van der Waals surface area contributed by atoms with Crippen LogP contribution in [0.4, 0.5) is 0 Å². The van der Waals surface area contributed by atoms with Crippen LogP contribution in [0.25, 0.3) is 0 Å². The molecular weight excluding hydrogens is 172 g/mol. The monoisotopic (exact) mass is 190 g/mol. The van der Waals surface area contributed by atoms with E-state index in [1.807, 2.05) is 0 Å². The van der Waals surface area contributed by atoms with Gasteiger partial charge < -0.3 is 11.1 Å². The number of nitrogens with two attached hydrogens (primary N) is 1. The van der Waals surface area contributed by atoms with Crippen LogP contribution in [-0.2, 0) is 10.8 Å². The summed E-state index contributed by atoms with van der Waals surface area (Å²) in [4.78, 5) is 0. The minimum absolute atomic E-state index is 0.419. The van der Waals surface area contributed by atoms with E-state index >= 15 is 0 Å². The Morgan fingerprint density at radius 2 is 2.25 bits per heavy atom. The minimum atomic E-state index is -0.636. The Balaban J connectivity index is 1.87. The fraction of sp³-hybridized carbons (Fsp3) is 1.00. The van der Waals surface area contributed by atoms with Gasteiger partial charge in [-0.15, -0.1) is 0 Å².